The van der Waals surface area contributed by atoms with Crippen LogP contribution in [0.15, 0.2) is 75.7 Å². The van der Waals surface area contributed by atoms with Crippen molar-refractivity contribution in [1.29, 1.82) is 0 Å². The van der Waals surface area contributed by atoms with E-state index in [1.807, 2.05) is 25.1 Å². The summed E-state index contributed by atoms with van der Waals surface area (Å²) in [6.07, 6.45) is 2.27. The number of rotatable bonds is 7. The maximum absolute atomic E-state index is 12.6. The minimum absolute atomic E-state index is 0.166. The number of benzene rings is 2. The average molecular weight is 442 g/mol. The molecule has 0 aliphatic carbocycles. The van der Waals surface area contributed by atoms with Crippen LogP contribution in [0, 0.1) is 0 Å². The van der Waals surface area contributed by atoms with Gasteiger partial charge in [0, 0.05) is 16.3 Å². The molecule has 0 aliphatic rings. The van der Waals surface area contributed by atoms with Gasteiger partial charge in [-0.2, -0.15) is 14.6 Å². The largest absolute Gasteiger partial charge is 0.497 e. The molecular weight excluding hydrogens is 422 g/mol. The third-order valence-corrected chi connectivity index (χ3v) is 6.74. The summed E-state index contributed by atoms with van der Waals surface area (Å²) in [5.74, 6) is 1.15. The van der Waals surface area contributed by atoms with Crippen LogP contribution in [-0.4, -0.2) is 35.1 Å². The molecule has 8 nitrogen and oxygen atoms in total. The highest BCUT2D eigenvalue weighted by Gasteiger charge is 2.14. The van der Waals surface area contributed by atoms with Gasteiger partial charge in [-0.05, 0) is 61.0 Å². The Kier molecular flexibility index (Phi) is 5.60. The van der Waals surface area contributed by atoms with Gasteiger partial charge in [-0.3, -0.25) is 4.72 Å². The molecule has 2 aromatic carbocycles. The van der Waals surface area contributed by atoms with Crippen LogP contribution in [0.4, 0.5) is 5.69 Å². The molecular formula is C20H19N5O3S2. The van der Waals surface area contributed by atoms with Gasteiger partial charge in [0.15, 0.2) is 0 Å². The van der Waals surface area contributed by atoms with Crippen LogP contribution in [0.5, 0.6) is 5.75 Å². The van der Waals surface area contributed by atoms with Crippen molar-refractivity contribution in [2.24, 2.45) is 0 Å². The Hall–Kier alpha value is -3.11. The van der Waals surface area contributed by atoms with Crippen molar-refractivity contribution < 1.29 is 13.2 Å². The number of hydrogen-bond acceptors (Lipinski definition) is 7. The van der Waals surface area contributed by atoms with Crippen LogP contribution < -0.4 is 9.46 Å². The predicted molar refractivity (Wildman–Crippen MR) is 115 cm³/mol. The van der Waals surface area contributed by atoms with Gasteiger partial charge in [0.25, 0.3) is 15.8 Å². The summed E-state index contributed by atoms with van der Waals surface area (Å²) in [5.41, 5.74) is 1.41. The number of aromatic nitrogens is 4. The van der Waals surface area contributed by atoms with E-state index in [1.54, 1.807) is 28.8 Å². The molecule has 2 heterocycles. The second kappa shape index (κ2) is 8.33. The number of methoxy groups -OCH3 is 1. The molecule has 0 saturated carbocycles. The molecule has 0 bridgehead atoms. The fourth-order valence-corrected chi connectivity index (χ4v) is 4.75. The molecule has 0 fully saturated rings. The summed E-state index contributed by atoms with van der Waals surface area (Å²) in [4.78, 5) is 9.71. The van der Waals surface area contributed by atoms with E-state index in [1.165, 1.54) is 37.3 Å². The topological polar surface area (TPSA) is 98.5 Å². The zero-order chi connectivity index (χ0) is 21.1. The van der Waals surface area contributed by atoms with Crippen LogP contribution in [0.3, 0.4) is 0 Å². The fourth-order valence-electron chi connectivity index (χ4n) is 2.77. The maximum atomic E-state index is 12.6. The number of ether oxygens (including phenoxy) is 1. The lowest BCUT2D eigenvalue weighted by atomic mass is 10.3. The first-order valence-corrected chi connectivity index (χ1v) is 11.4. The van der Waals surface area contributed by atoms with E-state index in [4.69, 9.17) is 4.74 Å². The minimum atomic E-state index is -3.68. The van der Waals surface area contributed by atoms with Gasteiger partial charge >= 0.3 is 0 Å². The van der Waals surface area contributed by atoms with Crippen molar-refractivity contribution in [2.75, 3.05) is 11.8 Å². The summed E-state index contributed by atoms with van der Waals surface area (Å²) >= 11 is 1.51. The zero-order valence-corrected chi connectivity index (χ0v) is 17.9. The predicted octanol–water partition coefficient (Wildman–Crippen LogP) is 3.65. The smallest absolute Gasteiger partial charge is 0.261 e. The summed E-state index contributed by atoms with van der Waals surface area (Å²) < 4.78 is 34.5. The molecule has 0 unspecified atom stereocenters. The molecule has 0 atom stereocenters. The summed E-state index contributed by atoms with van der Waals surface area (Å²) in [7, 11) is -2.15. The molecule has 0 amide bonds. The van der Waals surface area contributed by atoms with E-state index in [9.17, 15) is 8.42 Å². The quantitative estimate of drug-likeness (QED) is 0.437. The fraction of sp³-hybridized carbons (Fsp3) is 0.150. The number of nitrogens with one attached hydrogen (secondary N) is 1. The highest BCUT2D eigenvalue weighted by Crippen LogP contribution is 2.29. The van der Waals surface area contributed by atoms with Crippen LogP contribution in [0.2, 0.25) is 0 Å². The Morgan fingerprint density at radius 3 is 2.50 bits per heavy atom. The maximum Gasteiger partial charge on any atom is 0.261 e. The van der Waals surface area contributed by atoms with Gasteiger partial charge in [0.1, 0.15) is 17.1 Å². The van der Waals surface area contributed by atoms with Crippen LogP contribution in [0.1, 0.15) is 12.6 Å². The molecule has 1 N–H and O–H groups in total. The van der Waals surface area contributed by atoms with Gasteiger partial charge in [-0.15, -0.1) is 0 Å². The molecule has 10 heteroatoms. The van der Waals surface area contributed by atoms with Crippen LogP contribution in [0.25, 0.3) is 5.78 Å². The van der Waals surface area contributed by atoms with Crippen LogP contribution in [-0.2, 0) is 16.4 Å². The first kappa shape index (κ1) is 20.2. The number of aryl methyl sites for hydroxylation is 1. The Bertz CT molecular complexity index is 1270. The zero-order valence-electron chi connectivity index (χ0n) is 16.3. The second-order valence-electron chi connectivity index (χ2n) is 6.32. The third-order valence-electron chi connectivity index (χ3n) is 4.33. The van der Waals surface area contributed by atoms with Crippen molar-refractivity contribution in [1.82, 2.24) is 19.6 Å². The molecule has 0 radical (unpaired) electrons. The van der Waals surface area contributed by atoms with E-state index in [2.05, 4.69) is 19.8 Å². The monoisotopic (exact) mass is 441 g/mol. The number of sulfonamides is 1. The van der Waals surface area contributed by atoms with Gasteiger partial charge in [0.05, 0.1) is 12.0 Å². The van der Waals surface area contributed by atoms with E-state index >= 15 is 0 Å². The van der Waals surface area contributed by atoms with Crippen molar-refractivity contribution in [2.45, 2.75) is 28.2 Å². The highest BCUT2D eigenvalue weighted by molar-refractivity contribution is 7.99. The minimum Gasteiger partial charge on any atom is -0.497 e. The average Bonchev–Trinajstić information content (AvgIpc) is 3.24. The Morgan fingerprint density at radius 2 is 1.83 bits per heavy atom. The first-order valence-electron chi connectivity index (χ1n) is 9.13. The Morgan fingerprint density at radius 1 is 1.10 bits per heavy atom. The van der Waals surface area contributed by atoms with Crippen molar-refractivity contribution in [3.05, 3.63) is 66.6 Å². The van der Waals surface area contributed by atoms with E-state index < -0.39 is 10.0 Å². The van der Waals surface area contributed by atoms with Crippen molar-refractivity contribution >= 4 is 33.3 Å². The summed E-state index contributed by atoms with van der Waals surface area (Å²) in [5, 5.41) is 5.11. The van der Waals surface area contributed by atoms with Crippen molar-refractivity contribution in [3.63, 3.8) is 0 Å². The second-order valence-corrected chi connectivity index (χ2v) is 9.09. The first-order chi connectivity index (χ1) is 14.5. The molecule has 2 aromatic heterocycles. The molecule has 0 saturated heterocycles. The third kappa shape index (κ3) is 4.24. The number of nitrogens with zero attached hydrogens (tertiary/aromatic N) is 4. The van der Waals surface area contributed by atoms with E-state index in [0.29, 0.717) is 17.2 Å². The van der Waals surface area contributed by atoms with E-state index in [0.717, 1.165) is 22.0 Å². The highest BCUT2D eigenvalue weighted by atomic mass is 32.2. The summed E-state index contributed by atoms with van der Waals surface area (Å²) in [6.45, 7) is 2.04. The molecule has 30 heavy (non-hydrogen) atoms. The van der Waals surface area contributed by atoms with Gasteiger partial charge in [-0.1, -0.05) is 18.7 Å². The number of anilines is 1. The van der Waals surface area contributed by atoms with E-state index in [-0.39, 0.29) is 4.90 Å². The van der Waals surface area contributed by atoms with Crippen LogP contribution >= 0.6 is 11.8 Å². The lowest BCUT2D eigenvalue weighted by Crippen LogP contribution is -2.12. The van der Waals surface area contributed by atoms with Gasteiger partial charge in [0.2, 0.25) is 0 Å². The summed E-state index contributed by atoms with van der Waals surface area (Å²) in [6, 6.07) is 15.4. The lowest BCUT2D eigenvalue weighted by molar-refractivity contribution is 0.414. The molecule has 0 aliphatic heterocycles. The molecule has 0 spiro atoms. The van der Waals surface area contributed by atoms with Gasteiger partial charge < -0.3 is 4.74 Å². The number of fused-ring (bicyclic) bond motifs is 1. The normalized spacial score (nSPS) is 11.5. The Balaban J connectivity index is 1.52. The Labute approximate surface area is 178 Å². The number of hydrogen-bond donors (Lipinski definition) is 1. The SMILES string of the molecule is CCc1cc(Sc2ccc(NS(=O)(=O)c3ccc(OC)cc3)cc2)n2ncnc2n1. The standard InChI is InChI=1S/C20H19N5O3S2/c1-3-14-12-19(25-20(23-14)21-13-22-25)29-17-8-4-15(5-9-17)24-30(26,27)18-10-6-16(28-2)7-11-18/h4-13,24H,3H2,1-2H3. The van der Waals surface area contributed by atoms with Gasteiger partial charge in [-0.25, -0.2) is 13.4 Å². The molecule has 4 aromatic rings. The van der Waals surface area contributed by atoms with Crippen molar-refractivity contribution in [3.8, 4) is 5.75 Å². The molecule has 4 rings (SSSR count). The lowest BCUT2D eigenvalue weighted by Gasteiger charge is -2.10. The molecule has 154 valence electrons.